The van der Waals surface area contributed by atoms with Gasteiger partial charge in [-0.15, -0.1) is 0 Å². The van der Waals surface area contributed by atoms with E-state index in [1.54, 1.807) is 0 Å². The lowest BCUT2D eigenvalue weighted by Crippen LogP contribution is -2.29. The summed E-state index contributed by atoms with van der Waals surface area (Å²) in [7, 11) is -3.60. The molecule has 0 fully saturated rings. The molecule has 1 rings (SSSR count). The van der Waals surface area contributed by atoms with Gasteiger partial charge in [0, 0.05) is 24.7 Å². The van der Waals surface area contributed by atoms with Crippen molar-refractivity contribution in [3.8, 4) is 0 Å². The minimum absolute atomic E-state index is 0.0277. The second-order valence-corrected chi connectivity index (χ2v) is 6.38. The largest absolute Gasteiger partial charge is 0.314 e. The second-order valence-electron chi connectivity index (χ2n) is 4.61. The molecule has 0 aliphatic rings. The topological polar surface area (TPSA) is 101 Å². The minimum Gasteiger partial charge on any atom is -0.314 e. The van der Waals surface area contributed by atoms with Crippen molar-refractivity contribution in [2.75, 3.05) is 13.1 Å². The van der Waals surface area contributed by atoms with Crippen molar-refractivity contribution >= 4 is 15.7 Å². The van der Waals surface area contributed by atoms with Gasteiger partial charge in [-0.3, -0.25) is 10.1 Å². The van der Waals surface area contributed by atoms with Gasteiger partial charge in [0.05, 0.1) is 9.82 Å². The normalized spacial score (nSPS) is 11.8. The van der Waals surface area contributed by atoms with Gasteiger partial charge in [0.2, 0.25) is 10.0 Å². The van der Waals surface area contributed by atoms with Crippen LogP contribution in [0.1, 0.15) is 20.3 Å². The summed E-state index contributed by atoms with van der Waals surface area (Å²) >= 11 is 0. The van der Waals surface area contributed by atoms with E-state index in [1.807, 2.05) is 13.8 Å². The Balaban J connectivity index is 2.54. The molecule has 0 atom stereocenters. The van der Waals surface area contributed by atoms with Crippen LogP contribution in [0.15, 0.2) is 29.2 Å². The molecule has 0 unspecified atom stereocenters. The van der Waals surface area contributed by atoms with Gasteiger partial charge in [-0.2, -0.15) is 0 Å². The predicted octanol–water partition coefficient (Wildman–Crippen LogP) is 1.26. The number of nitro benzene ring substituents is 1. The Morgan fingerprint density at radius 2 is 1.80 bits per heavy atom. The van der Waals surface area contributed by atoms with Crippen LogP contribution in [-0.2, 0) is 10.0 Å². The molecule has 112 valence electrons. The number of hydrogen-bond acceptors (Lipinski definition) is 5. The van der Waals surface area contributed by atoms with Crippen molar-refractivity contribution in [2.45, 2.75) is 31.2 Å². The number of nitrogens with one attached hydrogen (secondary N) is 2. The third-order valence-electron chi connectivity index (χ3n) is 2.56. The van der Waals surface area contributed by atoms with E-state index in [0.29, 0.717) is 19.0 Å². The van der Waals surface area contributed by atoms with Gasteiger partial charge in [-0.1, -0.05) is 13.8 Å². The van der Waals surface area contributed by atoms with Crippen molar-refractivity contribution in [1.82, 2.24) is 10.0 Å². The van der Waals surface area contributed by atoms with E-state index in [0.717, 1.165) is 6.54 Å². The summed E-state index contributed by atoms with van der Waals surface area (Å²) in [5.41, 5.74) is -0.134. The molecule has 0 aliphatic carbocycles. The molecular formula is C12H19N3O4S. The second kappa shape index (κ2) is 7.32. The van der Waals surface area contributed by atoms with Crippen LogP contribution in [0.3, 0.4) is 0 Å². The summed E-state index contributed by atoms with van der Waals surface area (Å²) in [6.45, 7) is 5.07. The van der Waals surface area contributed by atoms with Crippen LogP contribution in [0.5, 0.6) is 0 Å². The highest BCUT2D eigenvalue weighted by atomic mass is 32.2. The van der Waals surface area contributed by atoms with Gasteiger partial charge >= 0.3 is 0 Å². The first-order valence-corrected chi connectivity index (χ1v) is 7.79. The maximum absolute atomic E-state index is 11.9. The number of nitrogens with zero attached hydrogens (tertiary/aromatic N) is 1. The average molecular weight is 301 g/mol. The van der Waals surface area contributed by atoms with Crippen molar-refractivity contribution in [1.29, 1.82) is 0 Å². The molecule has 0 bridgehead atoms. The first-order chi connectivity index (χ1) is 9.33. The smallest absolute Gasteiger partial charge is 0.269 e. The maximum atomic E-state index is 11.9. The van der Waals surface area contributed by atoms with Gasteiger partial charge in [0.1, 0.15) is 0 Å². The SMILES string of the molecule is CC(C)NCCCNS(=O)(=O)c1ccc([N+](=O)[O-])cc1. The van der Waals surface area contributed by atoms with E-state index in [-0.39, 0.29) is 10.6 Å². The van der Waals surface area contributed by atoms with Crippen molar-refractivity contribution in [3.63, 3.8) is 0 Å². The third-order valence-corrected chi connectivity index (χ3v) is 4.03. The Hall–Kier alpha value is -1.51. The highest BCUT2D eigenvalue weighted by Crippen LogP contribution is 2.15. The quantitative estimate of drug-likeness (QED) is 0.427. The zero-order valence-electron chi connectivity index (χ0n) is 11.5. The molecule has 1 aromatic carbocycles. The van der Waals surface area contributed by atoms with Crippen LogP contribution in [0.4, 0.5) is 5.69 Å². The fourth-order valence-electron chi connectivity index (χ4n) is 1.52. The van der Waals surface area contributed by atoms with Crippen molar-refractivity contribution < 1.29 is 13.3 Å². The third kappa shape index (κ3) is 5.24. The summed E-state index contributed by atoms with van der Waals surface area (Å²) < 4.78 is 26.3. The Morgan fingerprint density at radius 3 is 2.30 bits per heavy atom. The van der Waals surface area contributed by atoms with Crippen molar-refractivity contribution in [2.24, 2.45) is 0 Å². The Kier molecular flexibility index (Phi) is 6.05. The summed E-state index contributed by atoms with van der Waals surface area (Å²) in [6.07, 6.45) is 0.671. The highest BCUT2D eigenvalue weighted by Gasteiger charge is 2.14. The van der Waals surface area contributed by atoms with Gasteiger partial charge in [0.25, 0.3) is 5.69 Å². The van der Waals surface area contributed by atoms with Gasteiger partial charge in [-0.05, 0) is 25.1 Å². The lowest BCUT2D eigenvalue weighted by Gasteiger charge is -2.09. The maximum Gasteiger partial charge on any atom is 0.269 e. The number of rotatable bonds is 8. The Labute approximate surface area is 118 Å². The van der Waals surface area contributed by atoms with Crippen LogP contribution in [0.2, 0.25) is 0 Å². The summed E-state index contributed by atoms with van der Waals surface area (Å²) in [4.78, 5) is 9.95. The fraction of sp³-hybridized carbons (Fsp3) is 0.500. The molecule has 20 heavy (non-hydrogen) atoms. The van der Waals surface area contributed by atoms with E-state index < -0.39 is 14.9 Å². The van der Waals surface area contributed by atoms with Gasteiger partial charge < -0.3 is 5.32 Å². The molecule has 0 heterocycles. The van der Waals surface area contributed by atoms with E-state index in [2.05, 4.69) is 10.0 Å². The molecule has 2 N–H and O–H groups in total. The fourth-order valence-corrected chi connectivity index (χ4v) is 2.59. The summed E-state index contributed by atoms with van der Waals surface area (Å²) in [5.74, 6) is 0. The van der Waals surface area contributed by atoms with Crippen LogP contribution in [0, 0.1) is 10.1 Å². The zero-order valence-corrected chi connectivity index (χ0v) is 12.3. The number of nitro groups is 1. The molecule has 8 heteroatoms. The summed E-state index contributed by atoms with van der Waals surface area (Å²) in [6, 6.07) is 5.17. The molecule has 0 amide bonds. The molecule has 0 aliphatic heterocycles. The monoisotopic (exact) mass is 301 g/mol. The van der Waals surface area contributed by atoms with E-state index >= 15 is 0 Å². The van der Waals surface area contributed by atoms with E-state index in [9.17, 15) is 18.5 Å². The highest BCUT2D eigenvalue weighted by molar-refractivity contribution is 7.89. The lowest BCUT2D eigenvalue weighted by molar-refractivity contribution is -0.384. The summed E-state index contributed by atoms with van der Waals surface area (Å²) in [5, 5.41) is 13.7. The predicted molar refractivity (Wildman–Crippen MR) is 76.0 cm³/mol. The number of non-ortho nitro benzene ring substituents is 1. The number of benzene rings is 1. The molecule has 0 saturated heterocycles. The van der Waals surface area contributed by atoms with Crippen LogP contribution >= 0.6 is 0 Å². The molecule has 1 aromatic rings. The molecule has 0 radical (unpaired) electrons. The average Bonchev–Trinajstić information content (AvgIpc) is 2.38. The molecular weight excluding hydrogens is 282 g/mol. The number of hydrogen-bond donors (Lipinski definition) is 2. The van der Waals surface area contributed by atoms with Crippen LogP contribution in [0.25, 0.3) is 0 Å². The van der Waals surface area contributed by atoms with Crippen LogP contribution < -0.4 is 10.0 Å². The van der Waals surface area contributed by atoms with Gasteiger partial charge in [-0.25, -0.2) is 13.1 Å². The lowest BCUT2D eigenvalue weighted by atomic mass is 10.3. The zero-order chi connectivity index (χ0) is 15.2. The molecule has 0 aromatic heterocycles. The van der Waals surface area contributed by atoms with Gasteiger partial charge in [0.15, 0.2) is 0 Å². The van der Waals surface area contributed by atoms with Crippen LogP contribution in [-0.4, -0.2) is 32.5 Å². The molecule has 7 nitrogen and oxygen atoms in total. The standard InChI is InChI=1S/C12H19N3O4S/c1-10(2)13-8-3-9-14-20(18,19)12-6-4-11(5-7-12)15(16)17/h4-7,10,13-14H,3,8-9H2,1-2H3. The molecule has 0 spiro atoms. The van der Waals surface area contributed by atoms with E-state index in [4.69, 9.17) is 0 Å². The van der Waals surface area contributed by atoms with Crippen molar-refractivity contribution in [3.05, 3.63) is 34.4 Å². The molecule has 0 saturated carbocycles. The Morgan fingerprint density at radius 1 is 1.20 bits per heavy atom. The first-order valence-electron chi connectivity index (χ1n) is 6.30. The number of sulfonamides is 1. The first kappa shape index (κ1) is 16.5. The van der Waals surface area contributed by atoms with E-state index in [1.165, 1.54) is 24.3 Å². The minimum atomic E-state index is -3.60. The Bertz CT molecular complexity index is 540.